The molecule has 1 aliphatic rings. The van der Waals surface area contributed by atoms with E-state index >= 15 is 0 Å². The predicted molar refractivity (Wildman–Crippen MR) is 34.7 cm³/mol. The van der Waals surface area contributed by atoms with Gasteiger partial charge in [0, 0.05) is 11.0 Å². The lowest BCUT2D eigenvalue weighted by Crippen LogP contribution is -2.23. The molecule has 0 radical (unpaired) electrons. The Hall–Kier alpha value is -0.440. The van der Waals surface area contributed by atoms with Gasteiger partial charge in [-0.3, -0.25) is 4.79 Å². The summed E-state index contributed by atoms with van der Waals surface area (Å²) in [6, 6.07) is 0.117. The zero-order valence-corrected chi connectivity index (χ0v) is 5.40. The average Bonchev–Trinajstić information content (AvgIpc) is 1.85. The molecule has 0 fully saturated rings. The highest BCUT2D eigenvalue weighted by Gasteiger charge is 2.14. The molecule has 1 aliphatic heterocycles. The van der Waals surface area contributed by atoms with Crippen molar-refractivity contribution in [2.24, 2.45) is 0 Å². The highest BCUT2D eigenvalue weighted by atomic mass is 32.1. The number of thiol groups is 1. The number of nitrogens with one attached hydrogen (secondary N) is 1. The number of hydrogen-bond acceptors (Lipinski definition) is 2. The molecule has 0 aliphatic carbocycles. The minimum absolute atomic E-state index is 0.0394. The third-order valence-electron chi connectivity index (χ3n) is 1.08. The van der Waals surface area contributed by atoms with Gasteiger partial charge in [0.25, 0.3) is 0 Å². The molecule has 0 saturated heterocycles. The van der Waals surface area contributed by atoms with Gasteiger partial charge >= 0.3 is 0 Å². The summed E-state index contributed by atoms with van der Waals surface area (Å²) in [5, 5.41) is 2.66. The minimum Gasteiger partial charge on any atom is -0.345 e. The summed E-state index contributed by atoms with van der Waals surface area (Å²) >= 11 is 4.02. The summed E-state index contributed by atoms with van der Waals surface area (Å²) in [7, 11) is 0. The van der Waals surface area contributed by atoms with Crippen LogP contribution in [0.25, 0.3) is 0 Å². The molecule has 1 rings (SSSR count). The molecular weight excluding hydrogens is 122 g/mol. The second-order valence-electron chi connectivity index (χ2n) is 1.80. The van der Waals surface area contributed by atoms with E-state index in [1.165, 1.54) is 6.08 Å². The van der Waals surface area contributed by atoms with Gasteiger partial charge in [-0.15, -0.1) is 12.6 Å². The first-order valence-electron chi connectivity index (χ1n) is 2.41. The van der Waals surface area contributed by atoms with Gasteiger partial charge in [-0.05, 0) is 6.92 Å². The summed E-state index contributed by atoms with van der Waals surface area (Å²) in [4.78, 5) is 11.2. The molecule has 0 bridgehead atoms. The van der Waals surface area contributed by atoms with Crippen LogP contribution in [0.15, 0.2) is 11.0 Å². The molecule has 44 valence electrons. The van der Waals surface area contributed by atoms with Crippen LogP contribution in [0.5, 0.6) is 0 Å². The molecule has 0 saturated carbocycles. The minimum atomic E-state index is -0.0394. The Kier molecular flexibility index (Phi) is 1.29. The normalized spacial score (nSPS) is 27.5. The number of carbonyl (C=O) groups excluding carboxylic acids is 1. The second kappa shape index (κ2) is 1.82. The lowest BCUT2D eigenvalue weighted by Gasteiger charge is -2.00. The van der Waals surface area contributed by atoms with Crippen LogP contribution >= 0.6 is 12.6 Å². The Morgan fingerprint density at radius 1 is 1.88 bits per heavy atom. The maximum atomic E-state index is 10.4. The van der Waals surface area contributed by atoms with Crippen LogP contribution in [-0.4, -0.2) is 11.9 Å². The number of carbonyl (C=O) groups is 1. The fourth-order valence-corrected chi connectivity index (χ4v) is 0.770. The van der Waals surface area contributed by atoms with E-state index < -0.39 is 0 Å². The van der Waals surface area contributed by atoms with Gasteiger partial charge in [-0.25, -0.2) is 0 Å². The molecule has 2 nitrogen and oxygen atoms in total. The summed E-state index contributed by atoms with van der Waals surface area (Å²) in [6.45, 7) is 1.89. The quantitative estimate of drug-likeness (QED) is 0.453. The van der Waals surface area contributed by atoms with Gasteiger partial charge in [-0.2, -0.15) is 0 Å². The van der Waals surface area contributed by atoms with Crippen molar-refractivity contribution in [2.45, 2.75) is 13.0 Å². The van der Waals surface area contributed by atoms with Crippen molar-refractivity contribution in [1.29, 1.82) is 0 Å². The molecule has 0 spiro atoms. The van der Waals surface area contributed by atoms with E-state index in [-0.39, 0.29) is 11.9 Å². The topological polar surface area (TPSA) is 29.1 Å². The van der Waals surface area contributed by atoms with Crippen LogP contribution in [0.3, 0.4) is 0 Å². The van der Waals surface area contributed by atoms with E-state index in [9.17, 15) is 4.79 Å². The lowest BCUT2D eigenvalue weighted by atomic mass is 10.4. The molecular formula is C5H7NOS. The molecule has 1 atom stereocenters. The number of amides is 1. The van der Waals surface area contributed by atoms with Crippen LogP contribution in [0.1, 0.15) is 6.92 Å². The van der Waals surface area contributed by atoms with Crippen molar-refractivity contribution in [3.05, 3.63) is 11.0 Å². The van der Waals surface area contributed by atoms with Crippen molar-refractivity contribution in [1.82, 2.24) is 5.32 Å². The van der Waals surface area contributed by atoms with Crippen LogP contribution < -0.4 is 5.32 Å². The van der Waals surface area contributed by atoms with Crippen LogP contribution in [-0.2, 0) is 4.79 Å². The molecule has 0 aromatic rings. The van der Waals surface area contributed by atoms with E-state index in [0.29, 0.717) is 0 Å². The third-order valence-corrected chi connectivity index (χ3v) is 1.60. The molecule has 0 aromatic carbocycles. The van der Waals surface area contributed by atoms with Crippen molar-refractivity contribution >= 4 is 18.5 Å². The summed E-state index contributed by atoms with van der Waals surface area (Å²) in [6.07, 6.45) is 1.49. The Bertz CT molecular complexity index is 153. The average molecular weight is 129 g/mol. The maximum absolute atomic E-state index is 10.4. The van der Waals surface area contributed by atoms with Crippen molar-refractivity contribution in [3.8, 4) is 0 Å². The largest absolute Gasteiger partial charge is 0.345 e. The molecule has 1 amide bonds. The fraction of sp³-hybridized carbons (Fsp3) is 0.400. The zero-order valence-electron chi connectivity index (χ0n) is 4.51. The summed E-state index contributed by atoms with van der Waals surface area (Å²) < 4.78 is 0. The Morgan fingerprint density at radius 3 is 2.62 bits per heavy atom. The predicted octanol–water partition coefficient (Wildman–Crippen LogP) is 0.318. The third kappa shape index (κ3) is 0.865. The van der Waals surface area contributed by atoms with E-state index in [1.807, 2.05) is 6.92 Å². The second-order valence-corrected chi connectivity index (χ2v) is 2.32. The first kappa shape index (κ1) is 5.69. The van der Waals surface area contributed by atoms with Crippen LogP contribution in [0.4, 0.5) is 0 Å². The van der Waals surface area contributed by atoms with E-state index in [4.69, 9.17) is 0 Å². The highest BCUT2D eigenvalue weighted by Crippen LogP contribution is 2.11. The van der Waals surface area contributed by atoms with Gasteiger partial charge in [0.05, 0.1) is 6.04 Å². The Labute approximate surface area is 53.4 Å². The summed E-state index contributed by atoms with van der Waals surface area (Å²) in [5.41, 5.74) is 0. The monoisotopic (exact) mass is 129 g/mol. The van der Waals surface area contributed by atoms with E-state index in [0.717, 1.165) is 4.91 Å². The van der Waals surface area contributed by atoms with Crippen LogP contribution in [0.2, 0.25) is 0 Å². The first-order valence-corrected chi connectivity index (χ1v) is 2.86. The summed E-state index contributed by atoms with van der Waals surface area (Å²) in [5.74, 6) is -0.0394. The molecule has 1 heterocycles. The van der Waals surface area contributed by atoms with Crippen LogP contribution in [0, 0.1) is 0 Å². The lowest BCUT2D eigenvalue weighted by molar-refractivity contribution is -0.116. The van der Waals surface area contributed by atoms with Gasteiger partial charge in [0.1, 0.15) is 0 Å². The standard InChI is InChI=1S/C5H7NOS/c1-3-4(8)2-5(7)6-3/h2-3,8H,1H3,(H,6,7)/t3-/m0/s1. The highest BCUT2D eigenvalue weighted by molar-refractivity contribution is 7.84. The Balaban J connectivity index is 2.73. The zero-order chi connectivity index (χ0) is 6.15. The number of rotatable bonds is 0. The molecule has 3 heteroatoms. The smallest absolute Gasteiger partial charge is 0.245 e. The molecule has 8 heavy (non-hydrogen) atoms. The van der Waals surface area contributed by atoms with E-state index in [2.05, 4.69) is 17.9 Å². The van der Waals surface area contributed by atoms with Gasteiger partial charge < -0.3 is 5.32 Å². The van der Waals surface area contributed by atoms with Gasteiger partial charge in [-0.1, -0.05) is 0 Å². The van der Waals surface area contributed by atoms with Crippen molar-refractivity contribution < 1.29 is 4.79 Å². The van der Waals surface area contributed by atoms with Gasteiger partial charge in [0.15, 0.2) is 0 Å². The maximum Gasteiger partial charge on any atom is 0.245 e. The fourth-order valence-electron chi connectivity index (χ4n) is 0.588. The van der Waals surface area contributed by atoms with Crippen molar-refractivity contribution in [2.75, 3.05) is 0 Å². The van der Waals surface area contributed by atoms with E-state index in [1.54, 1.807) is 0 Å². The SMILES string of the molecule is C[C@@H]1NC(=O)C=C1S. The molecule has 0 unspecified atom stereocenters. The molecule has 0 aromatic heterocycles. The van der Waals surface area contributed by atoms with Gasteiger partial charge in [0.2, 0.25) is 5.91 Å². The number of hydrogen-bond donors (Lipinski definition) is 2. The Morgan fingerprint density at radius 2 is 2.50 bits per heavy atom. The molecule has 1 N–H and O–H groups in total. The van der Waals surface area contributed by atoms with Crippen molar-refractivity contribution in [3.63, 3.8) is 0 Å². The first-order chi connectivity index (χ1) is 3.70.